The number of piperidine rings is 1. The van der Waals surface area contributed by atoms with E-state index in [0.29, 0.717) is 10.6 Å². The lowest BCUT2D eigenvalue weighted by Gasteiger charge is -2.25. The number of carbonyl (C=O) groups excluding carboxylic acids is 1. The van der Waals surface area contributed by atoms with Gasteiger partial charge in [-0.05, 0) is 76.0 Å². The minimum Gasteiger partial charge on any atom is -0.322 e. The van der Waals surface area contributed by atoms with Crippen LogP contribution in [-0.2, 0) is 0 Å². The second-order valence-electron chi connectivity index (χ2n) is 8.09. The lowest BCUT2D eigenvalue weighted by Crippen LogP contribution is -2.29. The number of benzene rings is 2. The number of aryl methyl sites for hydroxylation is 3. The zero-order chi connectivity index (χ0) is 21.3. The normalized spacial score (nSPS) is 14.7. The number of nitrogens with zero attached hydrogens (tertiary/aromatic N) is 2. The van der Waals surface area contributed by atoms with Gasteiger partial charge in [0.2, 0.25) is 0 Å². The highest BCUT2D eigenvalue weighted by Crippen LogP contribution is 2.32. The summed E-state index contributed by atoms with van der Waals surface area (Å²) in [6.45, 7) is 7.90. The maximum absolute atomic E-state index is 13.3. The lowest BCUT2D eigenvalue weighted by molar-refractivity contribution is 0.102. The average molecular weight is 423 g/mol. The fraction of sp³-hybridized carbons (Fsp3) is 0.333. The van der Waals surface area contributed by atoms with Crippen molar-refractivity contribution in [3.63, 3.8) is 0 Å². The third kappa shape index (κ3) is 4.13. The van der Waals surface area contributed by atoms with Crippen LogP contribution in [0.4, 0.5) is 5.69 Å². The number of nitrogens with one attached hydrogen (secondary N) is 2. The molecule has 0 radical (unpaired) electrons. The summed E-state index contributed by atoms with van der Waals surface area (Å²) in [6, 6.07) is 11.9. The van der Waals surface area contributed by atoms with E-state index >= 15 is 0 Å². The topological polar surface area (TPSA) is 59.0 Å². The van der Waals surface area contributed by atoms with Gasteiger partial charge in [0.1, 0.15) is 0 Å². The molecule has 0 saturated carbocycles. The molecule has 1 aromatic heterocycles. The number of hydrogen-bond donors (Lipinski definition) is 2. The van der Waals surface area contributed by atoms with Crippen molar-refractivity contribution in [2.45, 2.75) is 39.5 Å². The van der Waals surface area contributed by atoms with Crippen LogP contribution in [0.3, 0.4) is 0 Å². The zero-order valence-electron chi connectivity index (χ0n) is 17.6. The first-order valence-electron chi connectivity index (χ1n) is 10.4. The van der Waals surface area contributed by atoms with Crippen LogP contribution in [0.25, 0.3) is 5.69 Å². The van der Waals surface area contributed by atoms with E-state index in [1.165, 1.54) is 5.56 Å². The molecule has 4 rings (SSSR count). The van der Waals surface area contributed by atoms with Crippen LogP contribution in [0, 0.1) is 20.8 Å². The molecule has 0 aliphatic carbocycles. The van der Waals surface area contributed by atoms with E-state index in [9.17, 15) is 4.79 Å². The Labute approximate surface area is 182 Å². The molecular formula is C24H27ClN4O. The summed E-state index contributed by atoms with van der Waals surface area (Å²) in [5.41, 5.74) is 6.52. The third-order valence-corrected chi connectivity index (χ3v) is 6.21. The van der Waals surface area contributed by atoms with Crippen LogP contribution in [0.15, 0.2) is 42.6 Å². The summed E-state index contributed by atoms with van der Waals surface area (Å²) >= 11 is 6.38. The van der Waals surface area contributed by atoms with Gasteiger partial charge in [-0.2, -0.15) is 5.10 Å². The Morgan fingerprint density at radius 3 is 2.57 bits per heavy atom. The molecule has 0 spiro atoms. The molecule has 2 heterocycles. The summed E-state index contributed by atoms with van der Waals surface area (Å²) in [5, 5.41) is 11.8. The average Bonchev–Trinajstić information content (AvgIpc) is 3.18. The van der Waals surface area contributed by atoms with E-state index in [-0.39, 0.29) is 11.8 Å². The van der Waals surface area contributed by atoms with Gasteiger partial charge in [-0.15, -0.1) is 0 Å². The van der Waals surface area contributed by atoms with Gasteiger partial charge in [0.15, 0.2) is 0 Å². The van der Waals surface area contributed by atoms with E-state index in [1.807, 2.05) is 55.8 Å². The number of hydrogen-bond acceptors (Lipinski definition) is 3. The van der Waals surface area contributed by atoms with Crippen molar-refractivity contribution in [3.8, 4) is 5.69 Å². The molecule has 5 nitrogen and oxygen atoms in total. The Balaban J connectivity index is 1.74. The van der Waals surface area contributed by atoms with Crippen molar-refractivity contribution < 1.29 is 4.79 Å². The molecule has 1 amide bonds. The SMILES string of the molecule is Cc1ccc(NC(=O)c2cnn(-c3ccc(C)c(Cl)c3)c2C2CCNCC2)c(C)c1. The van der Waals surface area contributed by atoms with Crippen LogP contribution >= 0.6 is 11.6 Å². The molecule has 6 heteroatoms. The molecule has 0 unspecified atom stereocenters. The summed E-state index contributed by atoms with van der Waals surface area (Å²) in [5.74, 6) is 0.133. The van der Waals surface area contributed by atoms with Crippen molar-refractivity contribution in [1.82, 2.24) is 15.1 Å². The largest absolute Gasteiger partial charge is 0.322 e. The minimum absolute atomic E-state index is 0.125. The van der Waals surface area contributed by atoms with Crippen LogP contribution in [0.2, 0.25) is 5.02 Å². The molecule has 1 aliphatic heterocycles. The van der Waals surface area contributed by atoms with Crippen LogP contribution in [0.1, 0.15) is 51.5 Å². The summed E-state index contributed by atoms with van der Waals surface area (Å²) in [7, 11) is 0. The van der Waals surface area contributed by atoms with Gasteiger partial charge in [-0.25, -0.2) is 4.68 Å². The Hall–Kier alpha value is -2.63. The predicted octanol–water partition coefficient (Wildman–Crippen LogP) is 5.17. The summed E-state index contributed by atoms with van der Waals surface area (Å²) in [6.07, 6.45) is 3.62. The van der Waals surface area contributed by atoms with Crippen LogP contribution in [0.5, 0.6) is 0 Å². The van der Waals surface area contributed by atoms with E-state index in [4.69, 9.17) is 11.6 Å². The van der Waals surface area contributed by atoms with Gasteiger partial charge in [-0.1, -0.05) is 35.4 Å². The van der Waals surface area contributed by atoms with E-state index in [0.717, 1.165) is 54.1 Å². The van der Waals surface area contributed by atoms with Crippen LogP contribution in [-0.4, -0.2) is 28.8 Å². The lowest BCUT2D eigenvalue weighted by atomic mass is 9.91. The highest BCUT2D eigenvalue weighted by Gasteiger charge is 2.27. The van der Waals surface area contributed by atoms with Gasteiger partial charge in [-0.3, -0.25) is 4.79 Å². The maximum Gasteiger partial charge on any atom is 0.259 e. The maximum atomic E-state index is 13.3. The third-order valence-electron chi connectivity index (χ3n) is 5.81. The van der Waals surface area contributed by atoms with Crippen molar-refractivity contribution in [3.05, 3.63) is 75.6 Å². The Kier molecular flexibility index (Phi) is 5.93. The standard InChI is InChI=1S/C24H27ClN4O/c1-15-4-7-22(17(3)12-15)28-24(30)20-14-27-29(19-6-5-16(2)21(25)13-19)23(20)18-8-10-26-11-9-18/h4-7,12-14,18,26H,8-11H2,1-3H3,(H,28,30). The highest BCUT2D eigenvalue weighted by atomic mass is 35.5. The van der Waals surface area contributed by atoms with E-state index in [1.54, 1.807) is 6.20 Å². The smallest absolute Gasteiger partial charge is 0.259 e. The summed E-state index contributed by atoms with van der Waals surface area (Å²) < 4.78 is 1.89. The first-order valence-corrected chi connectivity index (χ1v) is 10.8. The van der Waals surface area contributed by atoms with Crippen molar-refractivity contribution in [2.75, 3.05) is 18.4 Å². The van der Waals surface area contributed by atoms with Crippen molar-refractivity contribution in [2.24, 2.45) is 0 Å². The molecule has 2 N–H and O–H groups in total. The molecular weight excluding hydrogens is 396 g/mol. The molecule has 30 heavy (non-hydrogen) atoms. The van der Waals surface area contributed by atoms with Gasteiger partial charge >= 0.3 is 0 Å². The number of amides is 1. The number of aromatic nitrogens is 2. The first kappa shape index (κ1) is 20.6. The molecule has 0 atom stereocenters. The number of halogens is 1. The minimum atomic E-state index is -0.125. The number of rotatable bonds is 4. The second kappa shape index (κ2) is 8.62. The number of carbonyl (C=O) groups is 1. The van der Waals surface area contributed by atoms with Gasteiger partial charge < -0.3 is 10.6 Å². The Bertz CT molecular complexity index is 1080. The molecule has 2 aromatic carbocycles. The first-order chi connectivity index (χ1) is 14.4. The second-order valence-corrected chi connectivity index (χ2v) is 8.49. The zero-order valence-corrected chi connectivity index (χ0v) is 18.4. The van der Waals surface area contributed by atoms with Crippen molar-refractivity contribution in [1.29, 1.82) is 0 Å². The molecule has 1 aliphatic rings. The summed E-state index contributed by atoms with van der Waals surface area (Å²) in [4.78, 5) is 13.3. The van der Waals surface area contributed by atoms with E-state index < -0.39 is 0 Å². The molecule has 156 valence electrons. The fourth-order valence-electron chi connectivity index (χ4n) is 4.08. The molecule has 1 saturated heterocycles. The van der Waals surface area contributed by atoms with E-state index in [2.05, 4.69) is 21.8 Å². The van der Waals surface area contributed by atoms with Gasteiger partial charge in [0.25, 0.3) is 5.91 Å². The van der Waals surface area contributed by atoms with Crippen molar-refractivity contribution >= 4 is 23.2 Å². The Morgan fingerprint density at radius 2 is 1.87 bits per heavy atom. The van der Waals surface area contributed by atoms with Crippen LogP contribution < -0.4 is 10.6 Å². The molecule has 3 aromatic rings. The highest BCUT2D eigenvalue weighted by molar-refractivity contribution is 6.31. The predicted molar refractivity (Wildman–Crippen MR) is 122 cm³/mol. The number of anilines is 1. The fourth-order valence-corrected chi connectivity index (χ4v) is 4.26. The Morgan fingerprint density at radius 1 is 1.10 bits per heavy atom. The van der Waals surface area contributed by atoms with Gasteiger partial charge in [0, 0.05) is 16.6 Å². The molecule has 0 bridgehead atoms. The quantitative estimate of drug-likeness (QED) is 0.609. The van der Waals surface area contributed by atoms with Gasteiger partial charge in [0.05, 0.1) is 23.1 Å². The monoisotopic (exact) mass is 422 g/mol. The molecule has 1 fully saturated rings.